The Morgan fingerprint density at radius 1 is 1.50 bits per heavy atom. The molecule has 2 aromatic rings. The van der Waals surface area contributed by atoms with Crippen molar-refractivity contribution in [2.75, 3.05) is 14.2 Å². The Bertz CT molecular complexity index is 499. The Kier molecular flexibility index (Phi) is 4.23. The van der Waals surface area contributed by atoms with Crippen LogP contribution in [0.25, 0.3) is 0 Å². The van der Waals surface area contributed by atoms with Gasteiger partial charge in [-0.1, -0.05) is 17.7 Å². The third-order valence-corrected chi connectivity index (χ3v) is 3.11. The van der Waals surface area contributed by atoms with Crippen molar-refractivity contribution in [2.24, 2.45) is 0 Å². The van der Waals surface area contributed by atoms with Gasteiger partial charge in [0.25, 0.3) is 0 Å². The number of hydrogen-bond donors (Lipinski definition) is 2. The van der Waals surface area contributed by atoms with E-state index in [4.69, 9.17) is 16.3 Å². The van der Waals surface area contributed by atoms with Crippen LogP contribution >= 0.6 is 11.6 Å². The van der Waals surface area contributed by atoms with Crippen molar-refractivity contribution in [3.63, 3.8) is 0 Å². The number of benzene rings is 1. The van der Waals surface area contributed by atoms with Gasteiger partial charge in [-0.3, -0.25) is 0 Å². The van der Waals surface area contributed by atoms with Crippen molar-refractivity contribution in [3.05, 3.63) is 47.0 Å². The fraction of sp³-hybridized carbons (Fsp3) is 0.308. The van der Waals surface area contributed by atoms with Gasteiger partial charge in [-0.15, -0.1) is 0 Å². The van der Waals surface area contributed by atoms with Crippen LogP contribution in [0.5, 0.6) is 5.75 Å². The minimum Gasteiger partial charge on any atom is -0.496 e. The van der Waals surface area contributed by atoms with Crippen LogP contribution in [0.15, 0.2) is 30.6 Å². The van der Waals surface area contributed by atoms with Crippen molar-refractivity contribution in [1.29, 1.82) is 0 Å². The van der Waals surface area contributed by atoms with E-state index in [0.29, 0.717) is 5.02 Å². The number of imidazole rings is 1. The molecule has 1 aromatic carbocycles. The molecule has 0 bridgehead atoms. The Morgan fingerprint density at radius 2 is 2.33 bits per heavy atom. The molecule has 2 rings (SSSR count). The van der Waals surface area contributed by atoms with Gasteiger partial charge < -0.3 is 15.0 Å². The quantitative estimate of drug-likeness (QED) is 0.874. The topological polar surface area (TPSA) is 49.9 Å². The average molecular weight is 266 g/mol. The number of ether oxygens (including phenoxy) is 1. The summed E-state index contributed by atoms with van der Waals surface area (Å²) in [7, 11) is 3.57. The number of aromatic nitrogens is 2. The van der Waals surface area contributed by atoms with Gasteiger partial charge in [0.1, 0.15) is 11.6 Å². The lowest BCUT2D eigenvalue weighted by Crippen LogP contribution is -2.20. The molecule has 18 heavy (non-hydrogen) atoms. The first-order valence-corrected chi connectivity index (χ1v) is 6.11. The fourth-order valence-electron chi connectivity index (χ4n) is 1.94. The van der Waals surface area contributed by atoms with Crippen molar-refractivity contribution < 1.29 is 4.74 Å². The highest BCUT2D eigenvalue weighted by molar-refractivity contribution is 6.30. The molecule has 0 aliphatic carbocycles. The molecule has 96 valence electrons. The van der Waals surface area contributed by atoms with E-state index in [1.807, 2.05) is 31.4 Å². The number of nitrogens with zero attached hydrogens (tertiary/aromatic N) is 1. The number of halogens is 1. The largest absolute Gasteiger partial charge is 0.496 e. The van der Waals surface area contributed by atoms with Gasteiger partial charge >= 0.3 is 0 Å². The molecule has 0 spiro atoms. The summed E-state index contributed by atoms with van der Waals surface area (Å²) in [5.41, 5.74) is 1.07. The van der Waals surface area contributed by atoms with Gasteiger partial charge in [0.15, 0.2) is 0 Å². The normalized spacial score (nSPS) is 12.4. The van der Waals surface area contributed by atoms with Gasteiger partial charge in [0, 0.05) is 35.4 Å². The highest BCUT2D eigenvalue weighted by Gasteiger charge is 2.16. The van der Waals surface area contributed by atoms with Crippen LogP contribution in [0.2, 0.25) is 5.02 Å². The smallest absolute Gasteiger partial charge is 0.125 e. The van der Waals surface area contributed by atoms with E-state index in [9.17, 15) is 0 Å². The van der Waals surface area contributed by atoms with Gasteiger partial charge in [-0.05, 0) is 19.2 Å². The maximum Gasteiger partial charge on any atom is 0.125 e. The third-order valence-electron chi connectivity index (χ3n) is 2.87. The molecule has 2 N–H and O–H groups in total. The molecule has 4 nitrogen and oxygen atoms in total. The zero-order valence-electron chi connectivity index (χ0n) is 10.4. The first kappa shape index (κ1) is 12.9. The van der Waals surface area contributed by atoms with Crippen molar-refractivity contribution >= 4 is 11.6 Å². The molecule has 0 aliphatic rings. The lowest BCUT2D eigenvalue weighted by atomic mass is 10.0. The summed E-state index contributed by atoms with van der Waals surface area (Å²) in [4.78, 5) is 7.34. The zero-order valence-corrected chi connectivity index (χ0v) is 11.2. The number of nitrogens with one attached hydrogen (secondary N) is 2. The van der Waals surface area contributed by atoms with E-state index in [-0.39, 0.29) is 6.04 Å². The fourth-order valence-corrected chi connectivity index (χ4v) is 2.11. The molecule has 0 amide bonds. The van der Waals surface area contributed by atoms with Gasteiger partial charge in [0.2, 0.25) is 0 Å². The zero-order chi connectivity index (χ0) is 13.0. The van der Waals surface area contributed by atoms with E-state index in [2.05, 4.69) is 15.3 Å². The number of H-pyrrole nitrogens is 1. The SMILES string of the molecule is CNC(Cc1ncc[nH]1)c1ccc(Cl)cc1OC. The first-order valence-electron chi connectivity index (χ1n) is 5.73. The first-order chi connectivity index (χ1) is 8.74. The van der Waals surface area contributed by atoms with Gasteiger partial charge in [-0.25, -0.2) is 4.98 Å². The Morgan fingerprint density at radius 3 is 2.94 bits per heavy atom. The van der Waals surface area contributed by atoms with E-state index in [1.54, 1.807) is 13.3 Å². The molecule has 0 saturated heterocycles. The highest BCUT2D eigenvalue weighted by atomic mass is 35.5. The molecule has 0 fully saturated rings. The second-order valence-corrected chi connectivity index (χ2v) is 4.40. The van der Waals surface area contributed by atoms with Crippen LogP contribution in [0, 0.1) is 0 Å². The lowest BCUT2D eigenvalue weighted by Gasteiger charge is -2.18. The van der Waals surface area contributed by atoms with E-state index in [1.165, 1.54) is 0 Å². The highest BCUT2D eigenvalue weighted by Crippen LogP contribution is 2.29. The summed E-state index contributed by atoms with van der Waals surface area (Å²) in [5.74, 6) is 1.72. The van der Waals surface area contributed by atoms with Crippen molar-refractivity contribution in [1.82, 2.24) is 15.3 Å². The molecule has 1 atom stereocenters. The van der Waals surface area contributed by atoms with Gasteiger partial charge in [-0.2, -0.15) is 0 Å². The number of methoxy groups -OCH3 is 1. The minimum absolute atomic E-state index is 0.128. The van der Waals surface area contributed by atoms with Crippen molar-refractivity contribution in [3.8, 4) is 5.75 Å². The predicted octanol–water partition coefficient (Wildman–Crippen LogP) is 2.57. The third kappa shape index (κ3) is 2.83. The number of aromatic amines is 1. The van der Waals surface area contributed by atoms with E-state index < -0.39 is 0 Å². The van der Waals surface area contributed by atoms with Gasteiger partial charge in [0.05, 0.1) is 7.11 Å². The number of hydrogen-bond acceptors (Lipinski definition) is 3. The summed E-state index contributed by atoms with van der Waals surface area (Å²) in [6.07, 6.45) is 4.34. The molecule has 1 heterocycles. The minimum atomic E-state index is 0.128. The van der Waals surface area contributed by atoms with Crippen LogP contribution in [0.1, 0.15) is 17.4 Å². The Labute approximate surface area is 111 Å². The Balaban J connectivity index is 2.26. The average Bonchev–Trinajstić information content (AvgIpc) is 2.89. The molecular formula is C13H16ClN3O. The van der Waals surface area contributed by atoms with Crippen LogP contribution in [0.4, 0.5) is 0 Å². The monoisotopic (exact) mass is 265 g/mol. The Hall–Kier alpha value is -1.52. The molecule has 0 aliphatic heterocycles. The molecule has 0 radical (unpaired) electrons. The number of rotatable bonds is 5. The van der Waals surface area contributed by atoms with Crippen LogP contribution in [-0.4, -0.2) is 24.1 Å². The summed E-state index contributed by atoms with van der Waals surface area (Å²) in [6.45, 7) is 0. The predicted molar refractivity (Wildman–Crippen MR) is 72.1 cm³/mol. The molecule has 0 saturated carbocycles. The lowest BCUT2D eigenvalue weighted by molar-refractivity contribution is 0.400. The summed E-state index contributed by atoms with van der Waals surface area (Å²) in [6, 6.07) is 5.80. The van der Waals surface area contributed by atoms with Crippen LogP contribution in [0.3, 0.4) is 0 Å². The summed E-state index contributed by atoms with van der Waals surface area (Å²) in [5, 5.41) is 3.94. The van der Waals surface area contributed by atoms with Crippen LogP contribution < -0.4 is 10.1 Å². The van der Waals surface area contributed by atoms with E-state index in [0.717, 1.165) is 23.6 Å². The summed E-state index contributed by atoms with van der Waals surface area (Å²) >= 11 is 5.97. The molecule has 5 heteroatoms. The van der Waals surface area contributed by atoms with Crippen LogP contribution in [-0.2, 0) is 6.42 Å². The molecular weight excluding hydrogens is 250 g/mol. The van der Waals surface area contributed by atoms with Crippen molar-refractivity contribution in [2.45, 2.75) is 12.5 Å². The van der Waals surface area contributed by atoms with E-state index >= 15 is 0 Å². The molecule has 1 unspecified atom stereocenters. The molecule has 1 aromatic heterocycles. The standard InChI is InChI=1S/C13H16ClN3O/c1-15-11(8-13-16-5-6-17-13)10-4-3-9(14)7-12(10)18-2/h3-7,11,15H,8H2,1-2H3,(H,16,17). The summed E-state index contributed by atoms with van der Waals surface area (Å²) < 4.78 is 5.37. The second-order valence-electron chi connectivity index (χ2n) is 3.97. The second kappa shape index (κ2) is 5.89. The number of likely N-dealkylation sites (N-methyl/N-ethyl adjacent to an activating group) is 1. The maximum absolute atomic E-state index is 5.97. The maximum atomic E-state index is 5.97.